The largest absolute Gasteiger partial charge is 0.348 e. The van der Waals surface area contributed by atoms with Crippen LogP contribution in [0.5, 0.6) is 0 Å². The highest BCUT2D eigenvalue weighted by atomic mass is 16.1. The van der Waals surface area contributed by atoms with Crippen LogP contribution in [0.3, 0.4) is 0 Å². The van der Waals surface area contributed by atoms with Gasteiger partial charge in [0.2, 0.25) is 0 Å². The van der Waals surface area contributed by atoms with Gasteiger partial charge in [0.05, 0.1) is 5.57 Å². The van der Waals surface area contributed by atoms with E-state index in [1.807, 2.05) is 54.4 Å². The molecule has 0 aliphatic carbocycles. The Morgan fingerprint density at radius 2 is 2.10 bits per heavy atom. The van der Waals surface area contributed by atoms with Gasteiger partial charge in [-0.15, -0.1) is 0 Å². The van der Waals surface area contributed by atoms with Crippen molar-refractivity contribution in [2.24, 2.45) is 4.99 Å². The van der Waals surface area contributed by atoms with Crippen molar-refractivity contribution in [3.63, 3.8) is 0 Å². The fraction of sp³-hybridized carbons (Fsp3) is 0.176. The first kappa shape index (κ1) is 13.4. The number of nitrogens with one attached hydrogen (secondary N) is 1. The van der Waals surface area contributed by atoms with E-state index in [9.17, 15) is 4.79 Å². The van der Waals surface area contributed by atoms with E-state index in [4.69, 9.17) is 0 Å². The molecule has 106 valence electrons. The first-order chi connectivity index (χ1) is 10.2. The van der Waals surface area contributed by atoms with Crippen LogP contribution >= 0.6 is 0 Å². The minimum atomic E-state index is -0.0690. The normalized spacial score (nSPS) is 16.1. The summed E-state index contributed by atoms with van der Waals surface area (Å²) in [5.74, 6) is 0.799. The standard InChI is InChI=1S/C17H17N3O/c1-13-3-5-14(6-4-13)11-19-17(21)15-7-8-16-18-9-2-10-20(16)12-15/h2-9,12H,10-11H2,1H3,(H,19,21). The molecule has 3 rings (SSSR count). The molecule has 1 aromatic rings. The van der Waals surface area contributed by atoms with E-state index in [0.717, 1.165) is 17.9 Å². The highest BCUT2D eigenvalue weighted by Crippen LogP contribution is 2.13. The fourth-order valence-electron chi connectivity index (χ4n) is 2.21. The van der Waals surface area contributed by atoms with Crippen LogP contribution in [0.15, 0.2) is 65.5 Å². The van der Waals surface area contributed by atoms with Crippen molar-refractivity contribution in [3.05, 3.63) is 71.6 Å². The van der Waals surface area contributed by atoms with Crippen LogP contribution in [-0.4, -0.2) is 23.2 Å². The Hall–Kier alpha value is -2.62. The second-order valence-corrected chi connectivity index (χ2v) is 5.11. The molecule has 1 N–H and O–H groups in total. The Bertz CT molecular complexity index is 666. The molecular weight excluding hydrogens is 262 g/mol. The molecule has 0 unspecified atom stereocenters. The van der Waals surface area contributed by atoms with Gasteiger partial charge < -0.3 is 10.2 Å². The number of hydrogen-bond donors (Lipinski definition) is 1. The van der Waals surface area contributed by atoms with Crippen LogP contribution in [0.25, 0.3) is 0 Å². The molecule has 2 aliphatic heterocycles. The summed E-state index contributed by atoms with van der Waals surface area (Å²) in [5, 5.41) is 2.94. The molecule has 0 saturated carbocycles. The quantitative estimate of drug-likeness (QED) is 0.922. The molecule has 0 fully saturated rings. The highest BCUT2D eigenvalue weighted by Gasteiger charge is 2.16. The van der Waals surface area contributed by atoms with Gasteiger partial charge >= 0.3 is 0 Å². The van der Waals surface area contributed by atoms with Crippen LogP contribution in [0, 0.1) is 6.92 Å². The third-order valence-electron chi connectivity index (χ3n) is 3.45. The van der Waals surface area contributed by atoms with Crippen molar-refractivity contribution in [3.8, 4) is 0 Å². The average Bonchev–Trinajstić information content (AvgIpc) is 2.53. The van der Waals surface area contributed by atoms with Crippen molar-refractivity contribution in [2.75, 3.05) is 6.54 Å². The molecule has 0 atom stereocenters. The Labute approximate surface area is 124 Å². The molecule has 2 aliphatic rings. The molecule has 0 aromatic heterocycles. The molecule has 0 saturated heterocycles. The fourth-order valence-corrected chi connectivity index (χ4v) is 2.21. The summed E-state index contributed by atoms with van der Waals surface area (Å²) in [5.41, 5.74) is 2.96. The number of hydrogen-bond acceptors (Lipinski definition) is 3. The maximum absolute atomic E-state index is 12.2. The number of aliphatic imine (C=N–C) groups is 1. The molecular formula is C17H17N3O. The number of aryl methyl sites for hydroxylation is 1. The number of carbonyl (C=O) groups excluding carboxylic acids is 1. The van der Waals surface area contributed by atoms with Crippen molar-refractivity contribution >= 4 is 11.7 Å². The van der Waals surface area contributed by atoms with E-state index in [2.05, 4.69) is 10.3 Å². The van der Waals surface area contributed by atoms with Crippen molar-refractivity contribution in [1.29, 1.82) is 0 Å². The number of nitrogens with zero attached hydrogens (tertiary/aromatic N) is 2. The van der Waals surface area contributed by atoms with Gasteiger partial charge in [0, 0.05) is 25.5 Å². The van der Waals surface area contributed by atoms with E-state index in [-0.39, 0.29) is 5.91 Å². The second-order valence-electron chi connectivity index (χ2n) is 5.11. The minimum Gasteiger partial charge on any atom is -0.348 e. The smallest absolute Gasteiger partial charge is 0.253 e. The third-order valence-corrected chi connectivity index (χ3v) is 3.45. The van der Waals surface area contributed by atoms with Gasteiger partial charge in [0.1, 0.15) is 5.84 Å². The molecule has 4 nitrogen and oxygen atoms in total. The molecule has 21 heavy (non-hydrogen) atoms. The number of amidine groups is 1. The number of benzene rings is 1. The number of carbonyl (C=O) groups is 1. The molecule has 1 amide bonds. The molecule has 2 heterocycles. The monoisotopic (exact) mass is 279 g/mol. The topological polar surface area (TPSA) is 44.7 Å². The van der Waals surface area contributed by atoms with Gasteiger partial charge in [-0.3, -0.25) is 4.79 Å². The summed E-state index contributed by atoms with van der Waals surface area (Å²) < 4.78 is 0. The summed E-state index contributed by atoms with van der Waals surface area (Å²) in [6.07, 6.45) is 9.25. The Morgan fingerprint density at radius 1 is 1.29 bits per heavy atom. The van der Waals surface area contributed by atoms with Gasteiger partial charge in [0.15, 0.2) is 0 Å². The van der Waals surface area contributed by atoms with Crippen molar-refractivity contribution < 1.29 is 4.79 Å². The van der Waals surface area contributed by atoms with E-state index in [1.165, 1.54) is 5.56 Å². The van der Waals surface area contributed by atoms with E-state index >= 15 is 0 Å². The number of amides is 1. The van der Waals surface area contributed by atoms with Crippen LogP contribution in [0.2, 0.25) is 0 Å². The van der Waals surface area contributed by atoms with Crippen LogP contribution in [0.1, 0.15) is 11.1 Å². The van der Waals surface area contributed by atoms with E-state index < -0.39 is 0 Å². The first-order valence-corrected chi connectivity index (χ1v) is 6.95. The summed E-state index contributed by atoms with van der Waals surface area (Å²) >= 11 is 0. The summed E-state index contributed by atoms with van der Waals surface area (Å²) in [7, 11) is 0. The third kappa shape index (κ3) is 3.11. The zero-order valence-electron chi connectivity index (χ0n) is 11.9. The second kappa shape index (κ2) is 5.79. The van der Waals surface area contributed by atoms with Gasteiger partial charge in [-0.2, -0.15) is 0 Å². The van der Waals surface area contributed by atoms with Crippen molar-refractivity contribution in [1.82, 2.24) is 10.2 Å². The van der Waals surface area contributed by atoms with E-state index in [0.29, 0.717) is 12.1 Å². The summed E-state index contributed by atoms with van der Waals surface area (Å²) in [4.78, 5) is 18.4. The van der Waals surface area contributed by atoms with Crippen LogP contribution < -0.4 is 5.32 Å². The molecule has 1 aromatic carbocycles. The predicted octanol–water partition coefficient (Wildman–Crippen LogP) is 2.29. The Morgan fingerprint density at radius 3 is 2.90 bits per heavy atom. The lowest BCUT2D eigenvalue weighted by molar-refractivity contribution is -0.117. The van der Waals surface area contributed by atoms with E-state index in [1.54, 1.807) is 12.3 Å². The SMILES string of the molecule is Cc1ccc(CNC(=O)C2=CN3CC=CN=C3C=C2)cc1. The van der Waals surface area contributed by atoms with Gasteiger partial charge in [0.25, 0.3) is 5.91 Å². The Kier molecular flexibility index (Phi) is 3.69. The molecule has 4 heteroatoms. The Balaban J connectivity index is 1.62. The lowest BCUT2D eigenvalue weighted by Crippen LogP contribution is -2.32. The minimum absolute atomic E-state index is 0.0690. The van der Waals surface area contributed by atoms with Crippen LogP contribution in [-0.2, 0) is 11.3 Å². The maximum atomic E-state index is 12.2. The maximum Gasteiger partial charge on any atom is 0.253 e. The number of fused-ring (bicyclic) bond motifs is 1. The summed E-state index contributed by atoms with van der Waals surface area (Å²) in [6, 6.07) is 8.15. The predicted molar refractivity (Wildman–Crippen MR) is 83.5 cm³/mol. The molecule has 0 bridgehead atoms. The average molecular weight is 279 g/mol. The van der Waals surface area contributed by atoms with Crippen molar-refractivity contribution in [2.45, 2.75) is 13.5 Å². The zero-order chi connectivity index (χ0) is 14.7. The van der Waals surface area contributed by atoms with Gasteiger partial charge in [-0.25, -0.2) is 4.99 Å². The summed E-state index contributed by atoms with van der Waals surface area (Å²) in [6.45, 7) is 3.33. The lowest BCUT2D eigenvalue weighted by Gasteiger charge is -2.24. The van der Waals surface area contributed by atoms with Crippen LogP contribution in [0.4, 0.5) is 0 Å². The zero-order valence-corrected chi connectivity index (χ0v) is 11.9. The first-order valence-electron chi connectivity index (χ1n) is 6.95. The highest BCUT2D eigenvalue weighted by molar-refractivity contribution is 6.03. The lowest BCUT2D eigenvalue weighted by atomic mass is 10.1. The van der Waals surface area contributed by atoms with Gasteiger partial charge in [-0.1, -0.05) is 29.8 Å². The molecule has 0 spiro atoms. The van der Waals surface area contributed by atoms with Gasteiger partial charge in [-0.05, 0) is 30.7 Å². The number of rotatable bonds is 3. The molecule has 0 radical (unpaired) electrons.